The Morgan fingerprint density at radius 2 is 0.737 bits per heavy atom. The molecule has 1 aromatic carbocycles. The first-order valence-corrected chi connectivity index (χ1v) is 13.2. The van der Waals surface area contributed by atoms with Gasteiger partial charge in [-0.3, -0.25) is 4.79 Å². The van der Waals surface area contributed by atoms with Crippen molar-refractivity contribution in [3.63, 3.8) is 0 Å². The predicted octanol–water partition coefficient (Wildman–Crippen LogP) is 1.90. The van der Waals surface area contributed by atoms with Crippen molar-refractivity contribution in [2.75, 3.05) is 119 Å². The maximum atomic E-state index is 10.6. The van der Waals surface area contributed by atoms with E-state index in [-0.39, 0.29) is 12.6 Å². The molecule has 0 spiro atoms. The molecule has 0 N–H and O–H groups in total. The number of ether oxygens (including phenoxy) is 10. The van der Waals surface area contributed by atoms with Crippen LogP contribution in [0.25, 0.3) is 0 Å². The summed E-state index contributed by atoms with van der Waals surface area (Å²) in [5.41, 5.74) is 1.16. The SMILES string of the molecule is CC(=O)OCCOCCOCCOCCOCCOCCOCCOCCOCCOCc1ccccc1. The van der Waals surface area contributed by atoms with Crippen LogP contribution in [-0.4, -0.2) is 125 Å². The minimum Gasteiger partial charge on any atom is -0.463 e. The van der Waals surface area contributed by atoms with E-state index in [0.717, 1.165) is 5.56 Å². The summed E-state index contributed by atoms with van der Waals surface area (Å²) in [6.07, 6.45) is 0. The van der Waals surface area contributed by atoms with Crippen molar-refractivity contribution in [2.24, 2.45) is 0 Å². The second-order valence-electron chi connectivity index (χ2n) is 7.78. The molecular formula is C27H46O11. The van der Waals surface area contributed by atoms with Gasteiger partial charge in [0.1, 0.15) is 6.61 Å². The molecule has 0 aromatic heterocycles. The molecule has 0 saturated carbocycles. The van der Waals surface area contributed by atoms with Crippen LogP contribution in [-0.2, 0) is 58.8 Å². The molecule has 0 aliphatic heterocycles. The smallest absolute Gasteiger partial charge is 0.302 e. The Bertz CT molecular complexity index is 618. The van der Waals surface area contributed by atoms with Crippen molar-refractivity contribution in [1.82, 2.24) is 0 Å². The summed E-state index contributed by atoms with van der Waals surface area (Å²) < 4.78 is 53.6. The zero-order valence-corrected chi connectivity index (χ0v) is 22.8. The van der Waals surface area contributed by atoms with Gasteiger partial charge in [-0.2, -0.15) is 0 Å². The molecule has 1 rings (SSSR count). The maximum Gasteiger partial charge on any atom is 0.302 e. The van der Waals surface area contributed by atoms with Crippen LogP contribution in [0.5, 0.6) is 0 Å². The van der Waals surface area contributed by atoms with Crippen LogP contribution in [0.2, 0.25) is 0 Å². The van der Waals surface area contributed by atoms with Crippen molar-refractivity contribution < 1.29 is 52.2 Å². The molecule has 0 heterocycles. The zero-order chi connectivity index (χ0) is 27.2. The molecule has 220 valence electrons. The van der Waals surface area contributed by atoms with Crippen molar-refractivity contribution in [3.8, 4) is 0 Å². The van der Waals surface area contributed by atoms with Gasteiger partial charge in [-0.25, -0.2) is 0 Å². The molecule has 0 saturated heterocycles. The maximum absolute atomic E-state index is 10.6. The lowest BCUT2D eigenvalue weighted by atomic mass is 10.2. The van der Waals surface area contributed by atoms with Crippen molar-refractivity contribution in [2.45, 2.75) is 13.5 Å². The standard InChI is InChI=1S/C27H46O11/c1-26(28)38-24-23-36-20-19-34-16-15-32-12-11-30-8-7-29-9-10-31-13-14-33-17-18-35-21-22-37-25-27-5-3-2-4-6-27/h2-6H,7-25H2,1H3. The number of benzene rings is 1. The van der Waals surface area contributed by atoms with E-state index in [1.165, 1.54) is 6.92 Å². The average molecular weight is 547 g/mol. The molecular weight excluding hydrogens is 500 g/mol. The van der Waals surface area contributed by atoms with Gasteiger partial charge in [0.05, 0.1) is 119 Å². The fourth-order valence-electron chi connectivity index (χ4n) is 2.77. The average Bonchev–Trinajstić information content (AvgIpc) is 2.92. The predicted molar refractivity (Wildman–Crippen MR) is 139 cm³/mol. The Labute approximate surface area is 226 Å². The van der Waals surface area contributed by atoms with Crippen LogP contribution in [0, 0.1) is 0 Å². The highest BCUT2D eigenvalue weighted by Crippen LogP contribution is 2.00. The number of hydrogen-bond donors (Lipinski definition) is 0. The van der Waals surface area contributed by atoms with Crippen molar-refractivity contribution in [3.05, 3.63) is 35.9 Å². The van der Waals surface area contributed by atoms with E-state index in [1.807, 2.05) is 30.3 Å². The highest BCUT2D eigenvalue weighted by atomic mass is 16.6. The van der Waals surface area contributed by atoms with E-state index < -0.39 is 0 Å². The lowest BCUT2D eigenvalue weighted by molar-refractivity contribution is -0.142. The van der Waals surface area contributed by atoms with Gasteiger partial charge >= 0.3 is 5.97 Å². The van der Waals surface area contributed by atoms with E-state index in [9.17, 15) is 4.79 Å². The number of carbonyl (C=O) groups is 1. The minimum atomic E-state index is -0.309. The molecule has 0 bridgehead atoms. The Morgan fingerprint density at radius 1 is 0.447 bits per heavy atom. The molecule has 0 unspecified atom stereocenters. The van der Waals surface area contributed by atoms with E-state index >= 15 is 0 Å². The second kappa shape index (κ2) is 28.3. The lowest BCUT2D eigenvalue weighted by Crippen LogP contribution is -2.15. The lowest BCUT2D eigenvalue weighted by Gasteiger charge is -2.09. The summed E-state index contributed by atoms with van der Waals surface area (Å²) >= 11 is 0. The van der Waals surface area contributed by atoms with Crippen LogP contribution in [0.15, 0.2) is 30.3 Å². The molecule has 0 amide bonds. The van der Waals surface area contributed by atoms with E-state index in [2.05, 4.69) is 0 Å². The minimum absolute atomic E-state index is 0.261. The largest absolute Gasteiger partial charge is 0.463 e. The first-order chi connectivity index (χ1) is 18.8. The molecule has 38 heavy (non-hydrogen) atoms. The summed E-state index contributed by atoms with van der Waals surface area (Å²) in [7, 11) is 0. The molecule has 0 aliphatic carbocycles. The van der Waals surface area contributed by atoms with E-state index in [1.54, 1.807) is 0 Å². The van der Waals surface area contributed by atoms with Crippen LogP contribution >= 0.6 is 0 Å². The molecule has 0 atom stereocenters. The third kappa shape index (κ3) is 26.0. The first kappa shape index (κ1) is 34.4. The molecule has 0 radical (unpaired) electrons. The van der Waals surface area contributed by atoms with Gasteiger partial charge in [0.25, 0.3) is 0 Å². The van der Waals surface area contributed by atoms with Gasteiger partial charge < -0.3 is 47.4 Å². The molecule has 11 nitrogen and oxygen atoms in total. The summed E-state index contributed by atoms with van der Waals surface area (Å²) in [4.78, 5) is 10.6. The summed E-state index contributed by atoms with van der Waals surface area (Å²) in [5, 5.41) is 0. The third-order valence-electron chi connectivity index (χ3n) is 4.62. The summed E-state index contributed by atoms with van der Waals surface area (Å²) in [6.45, 7) is 10.7. The van der Waals surface area contributed by atoms with Gasteiger partial charge in [-0.1, -0.05) is 30.3 Å². The highest BCUT2D eigenvalue weighted by Gasteiger charge is 1.97. The van der Waals surface area contributed by atoms with Crippen LogP contribution in [0.4, 0.5) is 0 Å². The van der Waals surface area contributed by atoms with Crippen molar-refractivity contribution in [1.29, 1.82) is 0 Å². The summed E-state index contributed by atoms with van der Waals surface area (Å²) in [6, 6.07) is 10.1. The number of rotatable bonds is 29. The van der Waals surface area contributed by atoms with Crippen LogP contribution in [0.3, 0.4) is 0 Å². The Hall–Kier alpha value is -1.67. The van der Waals surface area contributed by atoms with Gasteiger partial charge in [-0.05, 0) is 5.56 Å². The van der Waals surface area contributed by atoms with Gasteiger partial charge in [0, 0.05) is 6.92 Å². The second-order valence-corrected chi connectivity index (χ2v) is 7.78. The highest BCUT2D eigenvalue weighted by molar-refractivity contribution is 5.65. The quantitative estimate of drug-likeness (QED) is 0.109. The van der Waals surface area contributed by atoms with Gasteiger partial charge in [0.15, 0.2) is 0 Å². The molecule has 0 fully saturated rings. The van der Waals surface area contributed by atoms with Crippen LogP contribution in [0.1, 0.15) is 12.5 Å². The fourth-order valence-corrected chi connectivity index (χ4v) is 2.77. The van der Waals surface area contributed by atoms with Crippen molar-refractivity contribution >= 4 is 5.97 Å². The Morgan fingerprint density at radius 3 is 1.05 bits per heavy atom. The van der Waals surface area contributed by atoms with E-state index in [4.69, 9.17) is 47.4 Å². The topological polar surface area (TPSA) is 109 Å². The number of hydrogen-bond acceptors (Lipinski definition) is 11. The normalized spacial score (nSPS) is 11.2. The monoisotopic (exact) mass is 546 g/mol. The fraction of sp³-hybridized carbons (Fsp3) is 0.741. The van der Waals surface area contributed by atoms with Gasteiger partial charge in [-0.15, -0.1) is 0 Å². The van der Waals surface area contributed by atoms with Crippen LogP contribution < -0.4 is 0 Å². The Kier molecular flexibility index (Phi) is 25.6. The third-order valence-corrected chi connectivity index (χ3v) is 4.62. The van der Waals surface area contributed by atoms with E-state index in [0.29, 0.717) is 119 Å². The zero-order valence-electron chi connectivity index (χ0n) is 22.8. The summed E-state index contributed by atoms with van der Waals surface area (Å²) in [5.74, 6) is -0.309. The first-order valence-electron chi connectivity index (χ1n) is 13.2. The molecule has 0 aliphatic rings. The molecule has 1 aromatic rings. The Balaban J connectivity index is 1.63. The molecule has 11 heteroatoms. The van der Waals surface area contributed by atoms with Gasteiger partial charge in [0.2, 0.25) is 0 Å². The number of esters is 1. The number of carbonyl (C=O) groups excluding carboxylic acids is 1.